The van der Waals surface area contributed by atoms with Crippen molar-refractivity contribution in [1.29, 1.82) is 0 Å². The minimum Gasteiger partial charge on any atom is -0.469 e. The molecule has 1 unspecified atom stereocenters. The molecule has 1 atom stereocenters. The molecule has 0 bridgehead atoms. The summed E-state index contributed by atoms with van der Waals surface area (Å²) >= 11 is 0. The van der Waals surface area contributed by atoms with Gasteiger partial charge in [-0.2, -0.15) is 0 Å². The Morgan fingerprint density at radius 1 is 1.40 bits per heavy atom. The molecule has 0 saturated carbocycles. The van der Waals surface area contributed by atoms with Crippen LogP contribution in [0.4, 0.5) is 0 Å². The van der Waals surface area contributed by atoms with Gasteiger partial charge in [-0.3, -0.25) is 14.4 Å². The molecule has 20 heavy (non-hydrogen) atoms. The normalized spacial score (nSPS) is 18.2. The first kappa shape index (κ1) is 16.1. The second-order valence-electron chi connectivity index (χ2n) is 4.62. The van der Waals surface area contributed by atoms with Gasteiger partial charge in [-0.25, -0.2) is 0 Å². The second kappa shape index (κ2) is 8.30. The third-order valence-corrected chi connectivity index (χ3v) is 2.92. The fourth-order valence-corrected chi connectivity index (χ4v) is 1.93. The van der Waals surface area contributed by atoms with Gasteiger partial charge in [0.25, 0.3) is 0 Å². The van der Waals surface area contributed by atoms with Crippen molar-refractivity contribution in [1.82, 2.24) is 0 Å². The molecule has 0 radical (unpaired) electrons. The third-order valence-electron chi connectivity index (χ3n) is 2.92. The summed E-state index contributed by atoms with van der Waals surface area (Å²) in [4.78, 5) is 33.3. The molecule has 1 aliphatic rings. The molecule has 0 aliphatic heterocycles. The molecule has 0 fully saturated rings. The quantitative estimate of drug-likeness (QED) is 0.527. The van der Waals surface area contributed by atoms with Crippen molar-refractivity contribution in [3.63, 3.8) is 0 Å². The van der Waals surface area contributed by atoms with E-state index in [0.717, 1.165) is 19.3 Å². The highest BCUT2D eigenvalue weighted by atomic mass is 16.5. The lowest BCUT2D eigenvalue weighted by molar-refractivity contribution is -0.144. The van der Waals surface area contributed by atoms with Gasteiger partial charge in [0.15, 0.2) is 5.78 Å². The summed E-state index contributed by atoms with van der Waals surface area (Å²) in [5, 5.41) is 0. The highest BCUT2D eigenvalue weighted by Crippen LogP contribution is 2.19. The van der Waals surface area contributed by atoms with Crippen LogP contribution in [0, 0.1) is 0 Å². The van der Waals surface area contributed by atoms with Crippen molar-refractivity contribution < 1.29 is 23.9 Å². The van der Waals surface area contributed by atoms with Gasteiger partial charge >= 0.3 is 11.9 Å². The van der Waals surface area contributed by atoms with Crippen LogP contribution >= 0.6 is 0 Å². The van der Waals surface area contributed by atoms with Gasteiger partial charge in [-0.1, -0.05) is 12.2 Å². The molecule has 110 valence electrons. The Balaban J connectivity index is 2.29. The Kier molecular flexibility index (Phi) is 6.70. The highest BCUT2D eigenvalue weighted by molar-refractivity contribution is 6.01. The number of ketones is 1. The molecule has 0 aromatic heterocycles. The Bertz CT molecular complexity index is 434. The molecule has 0 aromatic carbocycles. The maximum Gasteiger partial charge on any atom is 0.305 e. The van der Waals surface area contributed by atoms with Crippen LogP contribution in [0.2, 0.25) is 0 Å². The van der Waals surface area contributed by atoms with Gasteiger partial charge in [0.05, 0.1) is 13.5 Å². The fraction of sp³-hybridized carbons (Fsp3) is 0.533. The van der Waals surface area contributed by atoms with Gasteiger partial charge in [0.1, 0.15) is 6.10 Å². The maximum atomic E-state index is 11.6. The van der Waals surface area contributed by atoms with E-state index in [-0.39, 0.29) is 24.1 Å². The third kappa shape index (κ3) is 5.82. The molecule has 0 amide bonds. The summed E-state index contributed by atoms with van der Waals surface area (Å²) in [6, 6.07) is 0. The maximum absolute atomic E-state index is 11.6. The number of rotatable bonds is 7. The fourth-order valence-electron chi connectivity index (χ4n) is 1.93. The number of Topliss-reactive ketones (excluding diaryl/α,β-unsaturated/α-hetero) is 1. The van der Waals surface area contributed by atoms with Crippen molar-refractivity contribution in [3.05, 3.63) is 23.8 Å². The molecule has 0 heterocycles. The number of unbranched alkanes of at least 4 members (excludes halogenated alkanes) is 2. The number of hydrogen-bond acceptors (Lipinski definition) is 5. The van der Waals surface area contributed by atoms with Crippen molar-refractivity contribution in [2.75, 3.05) is 7.11 Å². The monoisotopic (exact) mass is 280 g/mol. The van der Waals surface area contributed by atoms with Crippen LogP contribution < -0.4 is 0 Å². The molecule has 0 saturated heterocycles. The average Bonchev–Trinajstić information content (AvgIpc) is 2.72. The van der Waals surface area contributed by atoms with E-state index in [9.17, 15) is 14.4 Å². The molecule has 5 heteroatoms. The van der Waals surface area contributed by atoms with E-state index in [2.05, 4.69) is 4.74 Å². The summed E-state index contributed by atoms with van der Waals surface area (Å²) in [5.74, 6) is -0.596. The van der Waals surface area contributed by atoms with Gasteiger partial charge < -0.3 is 9.47 Å². The second-order valence-corrected chi connectivity index (χ2v) is 4.62. The zero-order valence-corrected chi connectivity index (χ0v) is 11.9. The topological polar surface area (TPSA) is 69.7 Å². The Hall–Kier alpha value is -1.91. The zero-order valence-electron chi connectivity index (χ0n) is 11.9. The van der Waals surface area contributed by atoms with E-state index in [1.807, 2.05) is 6.08 Å². The Labute approximate surface area is 118 Å². The van der Waals surface area contributed by atoms with Crippen LogP contribution in [0.25, 0.3) is 0 Å². The molecular weight excluding hydrogens is 260 g/mol. The predicted octanol–water partition coefficient (Wildman–Crippen LogP) is 2.11. The molecule has 1 rings (SSSR count). The lowest BCUT2D eigenvalue weighted by atomic mass is 10.1. The molecular formula is C15H20O5. The number of hydrogen-bond donors (Lipinski definition) is 0. The lowest BCUT2D eigenvalue weighted by Crippen LogP contribution is -2.12. The number of carbonyl (C=O) groups is 3. The smallest absolute Gasteiger partial charge is 0.305 e. The molecule has 5 nitrogen and oxygen atoms in total. The van der Waals surface area contributed by atoms with E-state index >= 15 is 0 Å². The Morgan fingerprint density at radius 2 is 2.15 bits per heavy atom. The van der Waals surface area contributed by atoms with Crippen molar-refractivity contribution in [2.45, 2.75) is 45.1 Å². The first-order valence-electron chi connectivity index (χ1n) is 6.68. The molecule has 0 aromatic rings. The largest absolute Gasteiger partial charge is 0.469 e. The van der Waals surface area contributed by atoms with Crippen molar-refractivity contribution >= 4 is 17.7 Å². The van der Waals surface area contributed by atoms with E-state index < -0.39 is 6.10 Å². The van der Waals surface area contributed by atoms with Crippen LogP contribution in [-0.4, -0.2) is 30.9 Å². The first-order chi connectivity index (χ1) is 9.52. The number of allylic oxidation sites excluding steroid dienone is 3. The lowest BCUT2D eigenvalue weighted by Gasteiger charge is -2.04. The van der Waals surface area contributed by atoms with Gasteiger partial charge in [-0.05, 0) is 25.3 Å². The Morgan fingerprint density at radius 3 is 2.80 bits per heavy atom. The number of ether oxygens (including phenoxy) is 2. The highest BCUT2D eigenvalue weighted by Gasteiger charge is 2.24. The zero-order chi connectivity index (χ0) is 15.0. The SMILES string of the molecule is COC(=O)CCCCC=CC1=CC(OC(C)=O)CC1=O. The van der Waals surface area contributed by atoms with E-state index in [1.54, 1.807) is 12.2 Å². The number of methoxy groups -OCH3 is 1. The minimum atomic E-state index is -0.432. The van der Waals surface area contributed by atoms with Crippen LogP contribution in [0.1, 0.15) is 39.0 Å². The number of esters is 2. The van der Waals surface area contributed by atoms with Crippen molar-refractivity contribution in [2.24, 2.45) is 0 Å². The van der Waals surface area contributed by atoms with E-state index in [4.69, 9.17) is 4.74 Å². The van der Waals surface area contributed by atoms with Crippen LogP contribution in [0.3, 0.4) is 0 Å². The summed E-state index contributed by atoms with van der Waals surface area (Å²) < 4.78 is 9.52. The minimum absolute atomic E-state index is 0.0120. The summed E-state index contributed by atoms with van der Waals surface area (Å²) in [6.07, 6.45) is 7.96. The van der Waals surface area contributed by atoms with Crippen LogP contribution in [-0.2, 0) is 23.9 Å². The van der Waals surface area contributed by atoms with Crippen LogP contribution in [0.5, 0.6) is 0 Å². The average molecular weight is 280 g/mol. The predicted molar refractivity (Wildman–Crippen MR) is 72.9 cm³/mol. The molecule has 0 N–H and O–H groups in total. The van der Waals surface area contributed by atoms with Crippen LogP contribution in [0.15, 0.2) is 23.8 Å². The summed E-state index contributed by atoms with van der Waals surface area (Å²) in [6.45, 7) is 1.33. The van der Waals surface area contributed by atoms with Gasteiger partial charge in [0.2, 0.25) is 0 Å². The summed E-state index contributed by atoms with van der Waals surface area (Å²) in [7, 11) is 1.37. The van der Waals surface area contributed by atoms with Crippen molar-refractivity contribution in [3.8, 4) is 0 Å². The molecule has 0 spiro atoms. The van der Waals surface area contributed by atoms with E-state index in [0.29, 0.717) is 12.0 Å². The standard InChI is InChI=1S/C15H20O5/c1-11(16)20-13-9-12(14(17)10-13)7-5-3-4-6-8-15(18)19-2/h5,7,9,13H,3-4,6,8,10H2,1-2H3. The number of carbonyl (C=O) groups excluding carboxylic acids is 3. The summed E-state index contributed by atoms with van der Waals surface area (Å²) in [5.41, 5.74) is 0.587. The molecule has 1 aliphatic carbocycles. The first-order valence-corrected chi connectivity index (χ1v) is 6.68. The van der Waals surface area contributed by atoms with Gasteiger partial charge in [0, 0.05) is 18.9 Å². The van der Waals surface area contributed by atoms with E-state index in [1.165, 1.54) is 14.0 Å². The van der Waals surface area contributed by atoms with Gasteiger partial charge in [-0.15, -0.1) is 0 Å².